The molecule has 0 radical (unpaired) electrons. The molecule has 1 aromatic carbocycles. The Hall–Kier alpha value is -1.66. The number of aliphatic carboxylic acids is 1. The Bertz CT molecular complexity index is 551. The lowest BCUT2D eigenvalue weighted by atomic mass is 10.0. The van der Waals surface area contributed by atoms with E-state index in [-0.39, 0.29) is 11.7 Å². The second kappa shape index (κ2) is 7.75. The number of hydrogen-bond acceptors (Lipinski definition) is 4. The summed E-state index contributed by atoms with van der Waals surface area (Å²) < 4.78 is 20.1. The lowest BCUT2D eigenvalue weighted by Crippen LogP contribution is -2.37. The SMILES string of the molecule is CC(C)Oc1cccc(F)c1C(C(=O)O)N1CCCN(C)CC1. The molecule has 0 aliphatic carbocycles. The highest BCUT2D eigenvalue weighted by Crippen LogP contribution is 2.33. The van der Waals surface area contributed by atoms with Crippen molar-refractivity contribution >= 4 is 5.97 Å². The van der Waals surface area contributed by atoms with Crippen LogP contribution < -0.4 is 4.74 Å². The van der Waals surface area contributed by atoms with E-state index >= 15 is 0 Å². The number of carboxylic acid groups (broad SMARTS) is 1. The molecule has 1 N–H and O–H groups in total. The summed E-state index contributed by atoms with van der Waals surface area (Å²) in [6, 6.07) is 3.45. The highest BCUT2D eigenvalue weighted by Gasteiger charge is 2.33. The van der Waals surface area contributed by atoms with Gasteiger partial charge >= 0.3 is 5.97 Å². The van der Waals surface area contributed by atoms with E-state index in [9.17, 15) is 14.3 Å². The minimum Gasteiger partial charge on any atom is -0.491 e. The maximum absolute atomic E-state index is 14.5. The summed E-state index contributed by atoms with van der Waals surface area (Å²) in [5.74, 6) is -1.27. The first-order valence-corrected chi connectivity index (χ1v) is 8.00. The largest absolute Gasteiger partial charge is 0.491 e. The Morgan fingerprint density at radius 1 is 1.26 bits per heavy atom. The molecule has 2 rings (SSSR count). The first-order chi connectivity index (χ1) is 10.9. The fourth-order valence-corrected chi connectivity index (χ4v) is 2.93. The number of carbonyl (C=O) groups is 1. The second-order valence-corrected chi connectivity index (χ2v) is 6.25. The summed E-state index contributed by atoms with van der Waals surface area (Å²) >= 11 is 0. The molecule has 1 aliphatic heterocycles. The van der Waals surface area contributed by atoms with Gasteiger partial charge in [0.1, 0.15) is 17.6 Å². The van der Waals surface area contributed by atoms with Crippen LogP contribution in [0.5, 0.6) is 5.75 Å². The molecule has 1 saturated heterocycles. The number of likely N-dealkylation sites (N-methyl/N-ethyl adjacent to an activating group) is 1. The summed E-state index contributed by atoms with van der Waals surface area (Å²) in [4.78, 5) is 15.9. The summed E-state index contributed by atoms with van der Waals surface area (Å²) in [7, 11) is 2.01. The zero-order valence-corrected chi connectivity index (χ0v) is 14.0. The van der Waals surface area contributed by atoms with Crippen molar-refractivity contribution in [2.75, 3.05) is 33.2 Å². The van der Waals surface area contributed by atoms with E-state index in [1.165, 1.54) is 6.07 Å². The average molecular weight is 324 g/mol. The highest BCUT2D eigenvalue weighted by atomic mass is 19.1. The first kappa shape index (κ1) is 17.7. The van der Waals surface area contributed by atoms with Crippen molar-refractivity contribution in [3.05, 3.63) is 29.6 Å². The van der Waals surface area contributed by atoms with E-state index in [1.54, 1.807) is 12.1 Å². The maximum atomic E-state index is 14.5. The summed E-state index contributed by atoms with van der Waals surface area (Å²) in [5.41, 5.74) is 0.123. The average Bonchev–Trinajstić information content (AvgIpc) is 2.66. The molecule has 128 valence electrons. The fraction of sp³-hybridized carbons (Fsp3) is 0.588. The van der Waals surface area contributed by atoms with Crippen LogP contribution >= 0.6 is 0 Å². The number of benzene rings is 1. The van der Waals surface area contributed by atoms with Gasteiger partial charge in [0, 0.05) is 19.6 Å². The van der Waals surface area contributed by atoms with Gasteiger partial charge in [0.05, 0.1) is 11.7 Å². The minimum atomic E-state index is -1.05. The van der Waals surface area contributed by atoms with Crippen LogP contribution in [0.1, 0.15) is 31.9 Å². The summed E-state index contributed by atoms with van der Waals surface area (Å²) in [5, 5.41) is 9.74. The molecule has 23 heavy (non-hydrogen) atoms. The molecule has 0 aromatic heterocycles. The third-order valence-electron chi connectivity index (χ3n) is 4.00. The Morgan fingerprint density at radius 2 is 2.00 bits per heavy atom. The van der Waals surface area contributed by atoms with Crippen LogP contribution in [0.4, 0.5) is 4.39 Å². The molecule has 0 amide bonds. The Morgan fingerprint density at radius 3 is 2.65 bits per heavy atom. The van der Waals surface area contributed by atoms with Crippen LogP contribution in [0.2, 0.25) is 0 Å². The molecule has 5 nitrogen and oxygen atoms in total. The monoisotopic (exact) mass is 324 g/mol. The predicted molar refractivity (Wildman–Crippen MR) is 86.2 cm³/mol. The second-order valence-electron chi connectivity index (χ2n) is 6.25. The van der Waals surface area contributed by atoms with Crippen molar-refractivity contribution in [2.24, 2.45) is 0 Å². The van der Waals surface area contributed by atoms with E-state index in [4.69, 9.17) is 4.74 Å². The Balaban J connectivity index is 2.39. The Labute approximate surface area is 136 Å². The smallest absolute Gasteiger partial charge is 0.325 e. The molecule has 1 aromatic rings. The van der Waals surface area contributed by atoms with E-state index in [2.05, 4.69) is 4.90 Å². The standard InChI is InChI=1S/C17H25FN2O3/c1-12(2)23-14-7-4-6-13(18)15(14)16(17(21)22)20-9-5-8-19(3)10-11-20/h4,6-7,12,16H,5,8-11H2,1-3H3,(H,21,22). The van der Waals surface area contributed by atoms with Gasteiger partial charge in [-0.3, -0.25) is 9.69 Å². The van der Waals surface area contributed by atoms with Gasteiger partial charge in [-0.25, -0.2) is 4.39 Å². The summed E-state index contributed by atoms with van der Waals surface area (Å²) in [6.45, 7) is 6.56. The number of hydrogen-bond donors (Lipinski definition) is 1. The third-order valence-corrected chi connectivity index (χ3v) is 4.00. The van der Waals surface area contributed by atoms with Crippen molar-refractivity contribution < 1.29 is 19.0 Å². The number of nitrogens with zero attached hydrogens (tertiary/aromatic N) is 2. The normalized spacial score (nSPS) is 18.7. The Kier molecular flexibility index (Phi) is 5.96. The van der Waals surface area contributed by atoms with Crippen molar-refractivity contribution in [3.8, 4) is 5.75 Å². The first-order valence-electron chi connectivity index (χ1n) is 8.00. The fourth-order valence-electron chi connectivity index (χ4n) is 2.93. The molecule has 6 heteroatoms. The van der Waals surface area contributed by atoms with Crippen LogP contribution in [-0.4, -0.2) is 60.2 Å². The number of carboxylic acids is 1. The number of ether oxygens (including phenoxy) is 1. The third kappa shape index (κ3) is 4.42. The molecule has 1 unspecified atom stereocenters. The molecule has 0 saturated carbocycles. The van der Waals surface area contributed by atoms with E-state index in [0.717, 1.165) is 19.5 Å². The van der Waals surface area contributed by atoms with Crippen LogP contribution in [0.25, 0.3) is 0 Å². The van der Waals surface area contributed by atoms with Gasteiger partial charge in [-0.1, -0.05) is 6.07 Å². The quantitative estimate of drug-likeness (QED) is 0.901. The van der Waals surface area contributed by atoms with E-state index in [1.807, 2.05) is 25.8 Å². The van der Waals surface area contributed by atoms with Gasteiger partial charge in [-0.05, 0) is 46.0 Å². The van der Waals surface area contributed by atoms with Crippen LogP contribution in [0, 0.1) is 5.82 Å². The lowest BCUT2D eigenvalue weighted by molar-refractivity contribution is -0.143. The zero-order valence-electron chi connectivity index (χ0n) is 14.0. The highest BCUT2D eigenvalue weighted by molar-refractivity contribution is 5.77. The van der Waals surface area contributed by atoms with Gasteiger partial charge in [-0.15, -0.1) is 0 Å². The predicted octanol–water partition coefficient (Wildman–Crippen LogP) is 2.38. The van der Waals surface area contributed by atoms with Crippen LogP contribution in [-0.2, 0) is 4.79 Å². The zero-order chi connectivity index (χ0) is 17.0. The van der Waals surface area contributed by atoms with Crippen molar-refractivity contribution in [1.29, 1.82) is 0 Å². The van der Waals surface area contributed by atoms with Gasteiger partial charge in [-0.2, -0.15) is 0 Å². The van der Waals surface area contributed by atoms with Crippen molar-refractivity contribution in [3.63, 3.8) is 0 Å². The van der Waals surface area contributed by atoms with Gasteiger partial charge in [0.25, 0.3) is 0 Å². The molecule has 1 aliphatic rings. The van der Waals surface area contributed by atoms with E-state index in [0.29, 0.717) is 18.8 Å². The molecule has 0 spiro atoms. The molecular formula is C17H25FN2O3. The van der Waals surface area contributed by atoms with Crippen LogP contribution in [0.3, 0.4) is 0 Å². The summed E-state index contributed by atoms with van der Waals surface area (Å²) in [6.07, 6.45) is 0.704. The topological polar surface area (TPSA) is 53.0 Å². The van der Waals surface area contributed by atoms with Crippen LogP contribution in [0.15, 0.2) is 18.2 Å². The molecule has 0 bridgehead atoms. The molecule has 1 heterocycles. The van der Waals surface area contributed by atoms with Gasteiger partial charge < -0.3 is 14.7 Å². The van der Waals surface area contributed by atoms with Gasteiger partial charge in [0.2, 0.25) is 0 Å². The maximum Gasteiger partial charge on any atom is 0.325 e. The minimum absolute atomic E-state index is 0.123. The van der Waals surface area contributed by atoms with Gasteiger partial charge in [0.15, 0.2) is 0 Å². The lowest BCUT2D eigenvalue weighted by Gasteiger charge is -2.29. The number of rotatable bonds is 5. The molecular weight excluding hydrogens is 299 g/mol. The van der Waals surface area contributed by atoms with E-state index < -0.39 is 17.8 Å². The molecule has 1 fully saturated rings. The van der Waals surface area contributed by atoms with Crippen molar-refractivity contribution in [1.82, 2.24) is 9.80 Å². The number of halogens is 1. The molecule has 1 atom stereocenters. The van der Waals surface area contributed by atoms with Crippen molar-refractivity contribution in [2.45, 2.75) is 32.4 Å².